The summed E-state index contributed by atoms with van der Waals surface area (Å²) in [6.07, 6.45) is 1.73. The Morgan fingerprint density at radius 1 is 1.28 bits per heavy atom. The molecule has 5 heteroatoms. The van der Waals surface area contributed by atoms with Crippen molar-refractivity contribution in [3.8, 4) is 0 Å². The van der Waals surface area contributed by atoms with E-state index < -0.39 is 0 Å². The molecule has 1 N–H and O–H groups in total. The number of nitrogens with one attached hydrogen (secondary N) is 1. The molecule has 2 aromatic rings. The van der Waals surface area contributed by atoms with Gasteiger partial charge in [0.05, 0.1) is 10.2 Å². The maximum atomic E-state index is 13.3. The second-order valence-electron chi connectivity index (χ2n) is 3.91. The van der Waals surface area contributed by atoms with Crippen LogP contribution < -0.4 is 5.32 Å². The second-order valence-corrected chi connectivity index (χ2v) is 4.70. The average Bonchev–Trinajstić information content (AvgIpc) is 2.35. The fourth-order valence-electron chi connectivity index (χ4n) is 1.61. The molecule has 0 aliphatic heterocycles. The Morgan fingerprint density at radius 2 is 2.11 bits per heavy atom. The lowest BCUT2D eigenvalue weighted by Crippen LogP contribution is -2.14. The second kappa shape index (κ2) is 6.02. The van der Waals surface area contributed by atoms with Crippen LogP contribution in [0.3, 0.4) is 0 Å². The van der Waals surface area contributed by atoms with Gasteiger partial charge in [-0.1, -0.05) is 12.1 Å². The van der Waals surface area contributed by atoms with Gasteiger partial charge in [-0.2, -0.15) is 0 Å². The van der Waals surface area contributed by atoms with E-state index in [1.807, 2.05) is 19.1 Å². The molecule has 1 heterocycles. The molecule has 0 saturated heterocycles. The molecule has 94 valence electrons. The molecule has 0 unspecified atom stereocenters. The molecule has 0 saturated carbocycles. The summed E-state index contributed by atoms with van der Waals surface area (Å²) >= 11 is 3.24. The highest BCUT2D eigenvalue weighted by Crippen LogP contribution is 2.20. The zero-order chi connectivity index (χ0) is 13.0. The monoisotopic (exact) mass is 309 g/mol. The van der Waals surface area contributed by atoms with E-state index in [1.165, 1.54) is 6.07 Å². The van der Waals surface area contributed by atoms with Gasteiger partial charge in [-0.3, -0.25) is 0 Å². The first-order valence-corrected chi connectivity index (χ1v) is 6.38. The summed E-state index contributed by atoms with van der Waals surface area (Å²) in [4.78, 5) is 8.32. The van der Waals surface area contributed by atoms with Crippen molar-refractivity contribution in [2.45, 2.75) is 20.0 Å². The Kier molecular flexibility index (Phi) is 4.38. The minimum Gasteiger partial charge on any atom is -0.307 e. The average molecular weight is 310 g/mol. The first-order chi connectivity index (χ1) is 8.66. The lowest BCUT2D eigenvalue weighted by Gasteiger charge is -2.07. The zero-order valence-corrected chi connectivity index (χ0v) is 11.5. The smallest absolute Gasteiger partial charge is 0.137 e. The van der Waals surface area contributed by atoms with Gasteiger partial charge in [0.15, 0.2) is 0 Å². The van der Waals surface area contributed by atoms with Gasteiger partial charge in [0.1, 0.15) is 11.6 Å². The number of nitrogens with zero attached hydrogens (tertiary/aromatic N) is 2. The van der Waals surface area contributed by atoms with E-state index in [1.54, 1.807) is 12.3 Å². The quantitative estimate of drug-likeness (QED) is 0.943. The molecule has 0 bridgehead atoms. The third-order valence-electron chi connectivity index (χ3n) is 2.49. The first-order valence-electron chi connectivity index (χ1n) is 5.59. The van der Waals surface area contributed by atoms with Crippen molar-refractivity contribution in [1.82, 2.24) is 15.3 Å². The van der Waals surface area contributed by atoms with Crippen LogP contribution in [0.25, 0.3) is 0 Å². The van der Waals surface area contributed by atoms with Crippen LogP contribution in [-0.4, -0.2) is 9.97 Å². The number of benzene rings is 1. The molecule has 0 fully saturated rings. The number of rotatable bonds is 4. The molecule has 1 aromatic carbocycles. The standard InChI is InChI=1S/C13H13BrFN3/c1-9-17-6-5-11(18-9)8-16-7-10-3-2-4-12(15)13(10)14/h2-6,16H,7-8H2,1H3. The normalized spacial score (nSPS) is 10.6. The minimum atomic E-state index is -0.243. The molecule has 1 aromatic heterocycles. The lowest BCUT2D eigenvalue weighted by atomic mass is 10.2. The van der Waals surface area contributed by atoms with Crippen molar-refractivity contribution in [3.63, 3.8) is 0 Å². The molecular weight excluding hydrogens is 297 g/mol. The lowest BCUT2D eigenvalue weighted by molar-refractivity contribution is 0.611. The Labute approximate surface area is 114 Å². The molecule has 2 rings (SSSR count). The van der Waals surface area contributed by atoms with Crippen LogP contribution in [0.5, 0.6) is 0 Å². The summed E-state index contributed by atoms with van der Waals surface area (Å²) < 4.78 is 13.8. The van der Waals surface area contributed by atoms with Gasteiger partial charge in [-0.25, -0.2) is 14.4 Å². The molecule has 0 aliphatic rings. The van der Waals surface area contributed by atoms with Crippen LogP contribution >= 0.6 is 15.9 Å². The largest absolute Gasteiger partial charge is 0.307 e. The molecule has 18 heavy (non-hydrogen) atoms. The van der Waals surface area contributed by atoms with Crippen LogP contribution in [0.2, 0.25) is 0 Å². The predicted octanol–water partition coefficient (Wildman–Crippen LogP) is 2.98. The Balaban J connectivity index is 1.94. The summed E-state index contributed by atoms with van der Waals surface area (Å²) in [5.74, 6) is 0.508. The van der Waals surface area contributed by atoms with Crippen LogP contribution in [0.15, 0.2) is 34.9 Å². The highest BCUT2D eigenvalue weighted by atomic mass is 79.9. The Morgan fingerprint density at radius 3 is 2.89 bits per heavy atom. The molecular formula is C13H13BrFN3. The van der Waals surface area contributed by atoms with Crippen LogP contribution in [-0.2, 0) is 13.1 Å². The van der Waals surface area contributed by atoms with Gasteiger partial charge >= 0.3 is 0 Å². The summed E-state index contributed by atoms with van der Waals surface area (Å²) in [5.41, 5.74) is 1.82. The fourth-order valence-corrected chi connectivity index (χ4v) is 2.02. The van der Waals surface area contributed by atoms with E-state index >= 15 is 0 Å². The Bertz CT molecular complexity index is 546. The molecule has 3 nitrogen and oxygen atoms in total. The maximum absolute atomic E-state index is 13.3. The first kappa shape index (κ1) is 13.1. The van der Waals surface area contributed by atoms with Crippen molar-refractivity contribution < 1.29 is 4.39 Å². The van der Waals surface area contributed by atoms with Crippen molar-refractivity contribution in [2.24, 2.45) is 0 Å². The van der Waals surface area contributed by atoms with Crippen LogP contribution in [0.1, 0.15) is 17.1 Å². The van der Waals surface area contributed by atoms with Crippen molar-refractivity contribution >= 4 is 15.9 Å². The topological polar surface area (TPSA) is 37.8 Å². The molecule has 0 radical (unpaired) electrons. The van der Waals surface area contributed by atoms with E-state index in [-0.39, 0.29) is 5.82 Å². The van der Waals surface area contributed by atoms with E-state index in [9.17, 15) is 4.39 Å². The number of halogens is 2. The summed E-state index contributed by atoms with van der Waals surface area (Å²) in [6, 6.07) is 6.87. The number of aromatic nitrogens is 2. The number of aryl methyl sites for hydroxylation is 1. The highest BCUT2D eigenvalue weighted by molar-refractivity contribution is 9.10. The SMILES string of the molecule is Cc1nccc(CNCc2cccc(F)c2Br)n1. The maximum Gasteiger partial charge on any atom is 0.137 e. The van der Waals surface area contributed by atoms with Gasteiger partial charge < -0.3 is 5.32 Å². The van der Waals surface area contributed by atoms with Gasteiger partial charge in [0.2, 0.25) is 0 Å². The van der Waals surface area contributed by atoms with Crippen LogP contribution in [0.4, 0.5) is 4.39 Å². The van der Waals surface area contributed by atoms with Crippen molar-refractivity contribution in [3.05, 3.63) is 57.8 Å². The Hall–Kier alpha value is -1.33. The molecule has 0 spiro atoms. The van der Waals surface area contributed by atoms with E-state index in [0.29, 0.717) is 17.6 Å². The fraction of sp³-hybridized carbons (Fsp3) is 0.231. The predicted molar refractivity (Wildman–Crippen MR) is 71.4 cm³/mol. The minimum absolute atomic E-state index is 0.243. The van der Waals surface area contributed by atoms with Gasteiger partial charge in [0.25, 0.3) is 0 Å². The van der Waals surface area contributed by atoms with Crippen molar-refractivity contribution in [2.75, 3.05) is 0 Å². The van der Waals surface area contributed by atoms with E-state index in [0.717, 1.165) is 17.1 Å². The van der Waals surface area contributed by atoms with Crippen LogP contribution in [0, 0.1) is 12.7 Å². The highest BCUT2D eigenvalue weighted by Gasteiger charge is 2.04. The number of hydrogen-bond acceptors (Lipinski definition) is 3. The van der Waals surface area contributed by atoms with Gasteiger partial charge in [-0.05, 0) is 40.5 Å². The summed E-state index contributed by atoms with van der Waals surface area (Å²) in [5, 5.41) is 3.23. The third kappa shape index (κ3) is 3.34. The third-order valence-corrected chi connectivity index (χ3v) is 3.37. The summed E-state index contributed by atoms with van der Waals surface area (Å²) in [7, 11) is 0. The van der Waals surface area contributed by atoms with Gasteiger partial charge in [-0.15, -0.1) is 0 Å². The van der Waals surface area contributed by atoms with E-state index in [4.69, 9.17) is 0 Å². The number of hydrogen-bond donors (Lipinski definition) is 1. The van der Waals surface area contributed by atoms with E-state index in [2.05, 4.69) is 31.2 Å². The van der Waals surface area contributed by atoms with Gasteiger partial charge in [0, 0.05) is 19.3 Å². The summed E-state index contributed by atoms with van der Waals surface area (Å²) in [6.45, 7) is 3.07. The molecule has 0 atom stereocenters. The zero-order valence-electron chi connectivity index (χ0n) is 9.95. The van der Waals surface area contributed by atoms with Crippen molar-refractivity contribution in [1.29, 1.82) is 0 Å². The molecule has 0 aliphatic carbocycles. The molecule has 0 amide bonds.